The van der Waals surface area contributed by atoms with Crippen molar-refractivity contribution >= 4 is 7.60 Å². The second-order valence-corrected chi connectivity index (χ2v) is 4.33. The maximum Gasteiger partial charge on any atom is 0.330 e. The van der Waals surface area contributed by atoms with Crippen LogP contribution < -0.4 is 5.73 Å². The van der Waals surface area contributed by atoms with Crippen molar-refractivity contribution in [2.45, 2.75) is 5.72 Å². The van der Waals surface area contributed by atoms with Gasteiger partial charge < -0.3 is 19.9 Å². The molecule has 1 rings (SSSR count). The van der Waals surface area contributed by atoms with Gasteiger partial charge >= 0.3 is 7.60 Å². The van der Waals surface area contributed by atoms with Gasteiger partial charge in [0.25, 0.3) is 0 Å². The molecule has 1 aromatic heterocycles. The fourth-order valence-corrected chi connectivity index (χ4v) is 1.67. The van der Waals surface area contributed by atoms with E-state index in [1.165, 1.54) is 12.4 Å². The van der Waals surface area contributed by atoms with Crippen LogP contribution in [0.25, 0.3) is 0 Å². The van der Waals surface area contributed by atoms with Gasteiger partial charge in [0.2, 0.25) is 0 Å². The molecule has 7 nitrogen and oxygen atoms in total. The number of rotatable bonds is 3. The molecule has 0 aromatic carbocycles. The third kappa shape index (κ3) is 2.91. The van der Waals surface area contributed by atoms with Crippen LogP contribution in [0.2, 0.25) is 0 Å². The van der Waals surface area contributed by atoms with E-state index in [-0.39, 0.29) is 5.82 Å². The lowest BCUT2D eigenvalue weighted by Gasteiger charge is -2.20. The third-order valence-corrected chi connectivity index (χ3v) is 2.25. The number of hydrogen-bond acceptors (Lipinski definition) is 4. The summed E-state index contributed by atoms with van der Waals surface area (Å²) in [6.45, 7) is 0. The summed E-state index contributed by atoms with van der Waals surface area (Å²) < 4.78 is 10.6. The first-order valence-corrected chi connectivity index (χ1v) is 5.17. The Bertz CT molecular complexity index is 317. The molecule has 0 radical (unpaired) electrons. The molecule has 0 aliphatic rings. The number of imidazole rings is 1. The topological polar surface area (TPSA) is 132 Å². The SMILES string of the molecule is NC(O)(CP(=O)(O)O)c1ncc[nH]1. The van der Waals surface area contributed by atoms with E-state index in [1.54, 1.807) is 0 Å². The number of aromatic amines is 1. The highest BCUT2D eigenvalue weighted by molar-refractivity contribution is 7.51. The minimum Gasteiger partial charge on any atom is -0.368 e. The number of aliphatic hydroxyl groups is 1. The van der Waals surface area contributed by atoms with Gasteiger partial charge in [-0.2, -0.15) is 0 Å². The highest BCUT2D eigenvalue weighted by Crippen LogP contribution is 2.39. The van der Waals surface area contributed by atoms with E-state index in [0.717, 1.165) is 0 Å². The number of hydrogen-bond donors (Lipinski definition) is 5. The molecule has 0 bridgehead atoms. The van der Waals surface area contributed by atoms with Gasteiger partial charge in [-0.25, -0.2) is 4.98 Å². The van der Waals surface area contributed by atoms with E-state index in [1.807, 2.05) is 0 Å². The van der Waals surface area contributed by atoms with Gasteiger partial charge in [-0.3, -0.25) is 10.3 Å². The normalized spacial score (nSPS) is 16.9. The molecule has 1 aromatic rings. The fraction of sp³-hybridized carbons (Fsp3) is 0.400. The number of nitrogens with zero attached hydrogens (tertiary/aromatic N) is 1. The molecule has 0 amide bonds. The molecule has 0 aliphatic carbocycles. The molecule has 0 fully saturated rings. The van der Waals surface area contributed by atoms with Crippen LogP contribution in [0.4, 0.5) is 0 Å². The molecule has 74 valence electrons. The summed E-state index contributed by atoms with van der Waals surface area (Å²) in [6.07, 6.45) is 1.85. The number of aromatic nitrogens is 2. The van der Waals surface area contributed by atoms with Gasteiger partial charge in [0.15, 0.2) is 11.5 Å². The van der Waals surface area contributed by atoms with E-state index in [9.17, 15) is 9.67 Å². The minimum atomic E-state index is -4.36. The monoisotopic (exact) mass is 207 g/mol. The summed E-state index contributed by atoms with van der Waals surface area (Å²) in [7, 11) is -4.36. The molecule has 8 heteroatoms. The minimum absolute atomic E-state index is 0.0733. The van der Waals surface area contributed by atoms with Crippen LogP contribution in [0, 0.1) is 0 Å². The third-order valence-electron chi connectivity index (χ3n) is 1.36. The standard InChI is InChI=1S/C5H10N3O4P/c6-5(9,3-13(10,11)12)4-7-1-2-8-4/h1-2,9H,3,6H2,(H,7,8)(H2,10,11,12). The fourth-order valence-electron chi connectivity index (χ4n) is 0.891. The second-order valence-electron chi connectivity index (χ2n) is 2.68. The summed E-state index contributed by atoms with van der Waals surface area (Å²) in [4.78, 5) is 23.2. The molecule has 0 aliphatic heterocycles. The van der Waals surface area contributed by atoms with Crippen molar-refractivity contribution in [1.29, 1.82) is 0 Å². The molecule has 0 saturated heterocycles. The van der Waals surface area contributed by atoms with Crippen LogP contribution in [0.15, 0.2) is 12.4 Å². The van der Waals surface area contributed by atoms with E-state index in [4.69, 9.17) is 15.5 Å². The zero-order valence-electron chi connectivity index (χ0n) is 6.58. The summed E-state index contributed by atoms with van der Waals surface area (Å²) in [5.41, 5.74) is 3.12. The Hall–Kier alpha value is -0.720. The van der Waals surface area contributed by atoms with E-state index < -0.39 is 19.5 Å². The van der Waals surface area contributed by atoms with Crippen LogP contribution in [-0.2, 0) is 10.3 Å². The average Bonchev–Trinajstić information content (AvgIpc) is 2.29. The highest BCUT2D eigenvalue weighted by Gasteiger charge is 2.34. The van der Waals surface area contributed by atoms with Gasteiger partial charge in [-0.15, -0.1) is 0 Å². The second kappa shape index (κ2) is 3.21. The van der Waals surface area contributed by atoms with E-state index in [2.05, 4.69) is 9.97 Å². The van der Waals surface area contributed by atoms with Crippen LogP contribution in [0.1, 0.15) is 5.82 Å². The van der Waals surface area contributed by atoms with Gasteiger partial charge in [-0.05, 0) is 0 Å². The van der Waals surface area contributed by atoms with E-state index in [0.29, 0.717) is 0 Å². The molecule has 1 heterocycles. The number of nitrogens with one attached hydrogen (secondary N) is 1. The maximum atomic E-state index is 10.6. The van der Waals surface area contributed by atoms with Crippen molar-refractivity contribution in [2.24, 2.45) is 5.73 Å². The Morgan fingerprint density at radius 1 is 1.69 bits per heavy atom. The Kier molecular flexibility index (Phi) is 2.56. The smallest absolute Gasteiger partial charge is 0.330 e. The molecule has 0 spiro atoms. The van der Waals surface area contributed by atoms with Crippen LogP contribution in [0.5, 0.6) is 0 Å². The van der Waals surface area contributed by atoms with Crippen LogP contribution in [-0.4, -0.2) is 31.0 Å². The largest absolute Gasteiger partial charge is 0.368 e. The molecule has 1 atom stereocenters. The average molecular weight is 207 g/mol. The molecular weight excluding hydrogens is 197 g/mol. The molecular formula is C5H10N3O4P. The van der Waals surface area contributed by atoms with E-state index >= 15 is 0 Å². The lowest BCUT2D eigenvalue weighted by molar-refractivity contribution is 0.0543. The quantitative estimate of drug-likeness (QED) is 0.309. The van der Waals surface area contributed by atoms with Crippen molar-refractivity contribution in [3.8, 4) is 0 Å². The summed E-state index contributed by atoms with van der Waals surface area (Å²) in [6, 6.07) is 0. The number of nitrogens with two attached hydrogens (primary N) is 1. The molecule has 1 unspecified atom stereocenters. The Labute approximate surface area is 73.8 Å². The maximum absolute atomic E-state index is 10.6. The predicted octanol–water partition coefficient (Wildman–Crippen LogP) is -1.31. The zero-order chi connectivity index (χ0) is 10.1. The molecule has 0 saturated carbocycles. The van der Waals surface area contributed by atoms with Gasteiger partial charge in [-0.1, -0.05) is 0 Å². The first kappa shape index (κ1) is 10.4. The molecule has 6 N–H and O–H groups in total. The van der Waals surface area contributed by atoms with Gasteiger partial charge in [0.1, 0.15) is 0 Å². The first-order chi connectivity index (χ1) is 5.81. The first-order valence-electron chi connectivity index (χ1n) is 3.37. The Balaban J connectivity index is 2.84. The highest BCUT2D eigenvalue weighted by atomic mass is 31.2. The van der Waals surface area contributed by atoms with Crippen molar-refractivity contribution < 1.29 is 19.5 Å². The molecule has 13 heavy (non-hydrogen) atoms. The zero-order valence-corrected chi connectivity index (χ0v) is 7.48. The van der Waals surface area contributed by atoms with Crippen molar-refractivity contribution in [3.63, 3.8) is 0 Å². The van der Waals surface area contributed by atoms with Crippen molar-refractivity contribution in [2.75, 3.05) is 6.16 Å². The van der Waals surface area contributed by atoms with Gasteiger partial charge in [0, 0.05) is 12.4 Å². The van der Waals surface area contributed by atoms with Crippen LogP contribution in [0.3, 0.4) is 0 Å². The number of H-pyrrole nitrogens is 1. The summed E-state index contributed by atoms with van der Waals surface area (Å²) in [5.74, 6) is -0.0733. The van der Waals surface area contributed by atoms with Crippen molar-refractivity contribution in [3.05, 3.63) is 18.2 Å². The lowest BCUT2D eigenvalue weighted by Crippen LogP contribution is -2.41. The van der Waals surface area contributed by atoms with Crippen LogP contribution >= 0.6 is 7.60 Å². The lowest BCUT2D eigenvalue weighted by atomic mass is 10.3. The van der Waals surface area contributed by atoms with Gasteiger partial charge in [0.05, 0.1) is 6.16 Å². The Morgan fingerprint density at radius 2 is 2.31 bits per heavy atom. The summed E-state index contributed by atoms with van der Waals surface area (Å²) in [5, 5.41) is 9.40. The van der Waals surface area contributed by atoms with Crippen molar-refractivity contribution in [1.82, 2.24) is 9.97 Å². The Morgan fingerprint density at radius 3 is 2.69 bits per heavy atom. The predicted molar refractivity (Wildman–Crippen MR) is 43.6 cm³/mol. The summed E-state index contributed by atoms with van der Waals surface area (Å²) >= 11 is 0.